The van der Waals surface area contributed by atoms with Gasteiger partial charge in [0.25, 0.3) is 5.91 Å². The van der Waals surface area contributed by atoms with Crippen LogP contribution in [0.4, 0.5) is 11.4 Å². The molecule has 1 heterocycles. The lowest BCUT2D eigenvalue weighted by Crippen LogP contribution is -2.22. The number of benzene rings is 1. The van der Waals surface area contributed by atoms with Crippen LogP contribution in [0.5, 0.6) is 0 Å². The molecule has 6 heteroatoms. The maximum absolute atomic E-state index is 11.8. The Labute approximate surface area is 122 Å². The molecule has 0 unspecified atom stereocenters. The van der Waals surface area contributed by atoms with Crippen molar-refractivity contribution in [2.45, 2.75) is 20.4 Å². The predicted molar refractivity (Wildman–Crippen MR) is 83.0 cm³/mol. The summed E-state index contributed by atoms with van der Waals surface area (Å²) >= 11 is 1.61. The van der Waals surface area contributed by atoms with Crippen LogP contribution in [-0.2, 0) is 6.54 Å². The number of nitrogens with two attached hydrogens (primary N) is 1. The summed E-state index contributed by atoms with van der Waals surface area (Å²) in [7, 11) is 0. The van der Waals surface area contributed by atoms with E-state index in [1.54, 1.807) is 29.5 Å². The van der Waals surface area contributed by atoms with Gasteiger partial charge in [-0.05, 0) is 32.0 Å². The molecule has 5 nitrogen and oxygen atoms in total. The highest BCUT2D eigenvalue weighted by Crippen LogP contribution is 2.21. The second-order valence-electron chi connectivity index (χ2n) is 4.37. The van der Waals surface area contributed by atoms with Gasteiger partial charge < -0.3 is 16.4 Å². The Morgan fingerprint density at radius 2 is 2.25 bits per heavy atom. The summed E-state index contributed by atoms with van der Waals surface area (Å²) in [6, 6.07) is 5.22. The molecular weight excluding hydrogens is 272 g/mol. The minimum atomic E-state index is -0.0972. The highest BCUT2D eigenvalue weighted by molar-refractivity contribution is 7.09. The summed E-state index contributed by atoms with van der Waals surface area (Å²) in [5, 5.41) is 9.03. The topological polar surface area (TPSA) is 80.0 Å². The average Bonchev–Trinajstić information content (AvgIpc) is 2.84. The van der Waals surface area contributed by atoms with Crippen molar-refractivity contribution in [1.29, 1.82) is 0 Å². The molecule has 0 spiro atoms. The molecule has 2 aromatic rings. The van der Waals surface area contributed by atoms with Crippen LogP contribution in [0.25, 0.3) is 0 Å². The number of hydrogen-bond acceptors (Lipinski definition) is 5. The van der Waals surface area contributed by atoms with Crippen molar-refractivity contribution in [3.8, 4) is 0 Å². The smallest absolute Gasteiger partial charge is 0.251 e. The summed E-state index contributed by atoms with van der Waals surface area (Å²) in [5.41, 5.74) is 8.85. The number of hydrogen-bond donors (Lipinski definition) is 3. The quantitative estimate of drug-likeness (QED) is 0.739. The van der Waals surface area contributed by atoms with Crippen LogP contribution in [0.1, 0.15) is 28.0 Å². The third-order valence-corrected chi connectivity index (χ3v) is 3.60. The lowest BCUT2D eigenvalue weighted by Gasteiger charge is -2.10. The Morgan fingerprint density at radius 1 is 1.45 bits per heavy atom. The number of nitrogens with zero attached hydrogens (tertiary/aromatic N) is 1. The third kappa shape index (κ3) is 3.48. The molecule has 0 radical (unpaired) electrons. The summed E-state index contributed by atoms with van der Waals surface area (Å²) in [6.07, 6.45) is 0. The maximum atomic E-state index is 11.8. The summed E-state index contributed by atoms with van der Waals surface area (Å²) < 4.78 is 0. The average molecular weight is 290 g/mol. The van der Waals surface area contributed by atoms with Crippen LogP contribution in [0, 0.1) is 6.92 Å². The lowest BCUT2D eigenvalue weighted by molar-refractivity contribution is 0.0956. The number of nitrogen functional groups attached to an aromatic ring is 1. The Morgan fingerprint density at radius 3 is 2.90 bits per heavy atom. The van der Waals surface area contributed by atoms with Gasteiger partial charge in [-0.1, -0.05) is 0 Å². The Hall–Kier alpha value is -2.08. The molecule has 1 aromatic carbocycles. The fraction of sp³-hybridized carbons (Fsp3) is 0.286. The number of anilines is 2. The number of carbonyl (C=O) groups is 1. The van der Waals surface area contributed by atoms with E-state index in [9.17, 15) is 4.79 Å². The second-order valence-corrected chi connectivity index (χ2v) is 5.44. The molecule has 1 aromatic heterocycles. The van der Waals surface area contributed by atoms with Gasteiger partial charge in [-0.25, -0.2) is 4.98 Å². The Kier molecular flexibility index (Phi) is 4.57. The number of rotatable bonds is 5. The molecule has 106 valence electrons. The van der Waals surface area contributed by atoms with Gasteiger partial charge in [0.1, 0.15) is 0 Å². The van der Waals surface area contributed by atoms with Crippen LogP contribution < -0.4 is 16.4 Å². The lowest BCUT2D eigenvalue weighted by atomic mass is 10.1. The highest BCUT2D eigenvalue weighted by atomic mass is 32.1. The Balaban J connectivity index is 2.10. The largest absolute Gasteiger partial charge is 0.397 e. The van der Waals surface area contributed by atoms with Crippen molar-refractivity contribution in [2.24, 2.45) is 0 Å². The van der Waals surface area contributed by atoms with Gasteiger partial charge >= 0.3 is 0 Å². The zero-order valence-electron chi connectivity index (χ0n) is 11.6. The minimum absolute atomic E-state index is 0.0972. The van der Waals surface area contributed by atoms with E-state index in [1.165, 1.54) is 0 Å². The molecule has 20 heavy (non-hydrogen) atoms. The first-order valence-corrected chi connectivity index (χ1v) is 7.30. The number of carbonyl (C=O) groups excluding carboxylic acids is 1. The molecule has 4 N–H and O–H groups in total. The highest BCUT2D eigenvalue weighted by Gasteiger charge is 2.08. The van der Waals surface area contributed by atoms with Crippen LogP contribution >= 0.6 is 11.3 Å². The molecule has 0 atom stereocenters. The molecule has 0 saturated heterocycles. The van der Waals surface area contributed by atoms with Crippen molar-refractivity contribution >= 4 is 28.6 Å². The van der Waals surface area contributed by atoms with E-state index in [1.807, 2.05) is 19.2 Å². The van der Waals surface area contributed by atoms with E-state index in [0.29, 0.717) is 24.3 Å². The van der Waals surface area contributed by atoms with Crippen LogP contribution in [0.2, 0.25) is 0 Å². The number of aryl methyl sites for hydroxylation is 1. The minimum Gasteiger partial charge on any atom is -0.397 e. The zero-order valence-corrected chi connectivity index (χ0v) is 12.4. The first-order chi connectivity index (χ1) is 9.60. The van der Waals surface area contributed by atoms with Crippen molar-refractivity contribution in [3.63, 3.8) is 0 Å². The van der Waals surface area contributed by atoms with Crippen LogP contribution in [0.15, 0.2) is 23.6 Å². The molecule has 0 bridgehead atoms. The van der Waals surface area contributed by atoms with Crippen molar-refractivity contribution < 1.29 is 4.79 Å². The first-order valence-electron chi connectivity index (χ1n) is 6.42. The molecule has 1 amide bonds. The number of aromatic nitrogens is 1. The van der Waals surface area contributed by atoms with Gasteiger partial charge in [0.2, 0.25) is 0 Å². The second kappa shape index (κ2) is 6.38. The normalized spacial score (nSPS) is 10.3. The van der Waals surface area contributed by atoms with E-state index in [-0.39, 0.29) is 5.91 Å². The van der Waals surface area contributed by atoms with E-state index >= 15 is 0 Å². The van der Waals surface area contributed by atoms with Gasteiger partial charge in [0, 0.05) is 17.5 Å². The van der Waals surface area contributed by atoms with Crippen molar-refractivity contribution in [2.75, 3.05) is 17.6 Å². The summed E-state index contributed by atoms with van der Waals surface area (Å²) in [6.45, 7) is 5.05. The van der Waals surface area contributed by atoms with E-state index < -0.39 is 0 Å². The van der Waals surface area contributed by atoms with Gasteiger partial charge in [-0.2, -0.15) is 0 Å². The monoisotopic (exact) mass is 290 g/mol. The van der Waals surface area contributed by atoms with E-state index in [4.69, 9.17) is 5.73 Å². The standard InChI is InChI=1S/C14H18N4OS/c1-3-16-14(19)10-4-5-12(15)13(6-10)17-7-11-8-20-9(2)18-11/h4-6,8,17H,3,7,15H2,1-2H3,(H,16,19). The van der Waals surface area contributed by atoms with Crippen LogP contribution in [0.3, 0.4) is 0 Å². The van der Waals surface area contributed by atoms with Crippen LogP contribution in [-0.4, -0.2) is 17.4 Å². The SMILES string of the molecule is CCNC(=O)c1ccc(N)c(NCc2csc(C)n2)c1. The fourth-order valence-corrected chi connectivity index (χ4v) is 2.40. The molecule has 0 aliphatic rings. The molecule has 0 aliphatic carbocycles. The predicted octanol–water partition coefficient (Wildman–Crippen LogP) is 2.40. The van der Waals surface area contributed by atoms with Gasteiger partial charge in [-0.3, -0.25) is 4.79 Å². The molecule has 0 aliphatic heterocycles. The van der Waals surface area contributed by atoms with Gasteiger partial charge in [0.05, 0.1) is 28.6 Å². The first kappa shape index (κ1) is 14.3. The maximum Gasteiger partial charge on any atom is 0.251 e. The van der Waals surface area contributed by atoms with E-state index in [0.717, 1.165) is 16.4 Å². The van der Waals surface area contributed by atoms with Crippen molar-refractivity contribution in [3.05, 3.63) is 39.8 Å². The molecule has 2 rings (SSSR count). The number of nitrogens with one attached hydrogen (secondary N) is 2. The molecular formula is C14H18N4OS. The zero-order chi connectivity index (χ0) is 14.5. The van der Waals surface area contributed by atoms with E-state index in [2.05, 4.69) is 15.6 Å². The van der Waals surface area contributed by atoms with Gasteiger partial charge in [0.15, 0.2) is 0 Å². The molecule has 0 fully saturated rings. The fourth-order valence-electron chi connectivity index (χ4n) is 1.79. The third-order valence-electron chi connectivity index (χ3n) is 2.78. The van der Waals surface area contributed by atoms with Crippen molar-refractivity contribution in [1.82, 2.24) is 10.3 Å². The number of thiazole rings is 1. The Bertz CT molecular complexity index is 609. The van der Waals surface area contributed by atoms with Gasteiger partial charge in [-0.15, -0.1) is 11.3 Å². The summed E-state index contributed by atoms with van der Waals surface area (Å²) in [5.74, 6) is -0.0972. The molecule has 0 saturated carbocycles. The number of amides is 1. The summed E-state index contributed by atoms with van der Waals surface area (Å²) in [4.78, 5) is 16.2.